The number of carbonyl (C=O) groups is 1. The average Bonchev–Trinajstić information content (AvgIpc) is 3.02. The van der Waals surface area contributed by atoms with Crippen molar-refractivity contribution in [3.05, 3.63) is 35.4 Å². The second-order valence-electron chi connectivity index (χ2n) is 7.04. The van der Waals surface area contributed by atoms with E-state index in [-0.39, 0.29) is 12.4 Å². The van der Waals surface area contributed by atoms with Crippen molar-refractivity contribution in [1.29, 1.82) is 0 Å². The number of amides is 1. The summed E-state index contributed by atoms with van der Waals surface area (Å²) < 4.78 is 0. The summed E-state index contributed by atoms with van der Waals surface area (Å²) >= 11 is 0. The van der Waals surface area contributed by atoms with Crippen LogP contribution in [-0.2, 0) is 17.8 Å². The van der Waals surface area contributed by atoms with E-state index < -0.39 is 0 Å². The van der Waals surface area contributed by atoms with Gasteiger partial charge in [-0.15, -0.1) is 12.4 Å². The predicted octanol–water partition coefficient (Wildman–Crippen LogP) is 1.53. The Balaban J connectivity index is 0.00000156. The molecule has 0 spiro atoms. The Labute approximate surface area is 144 Å². The molecule has 0 bridgehead atoms. The number of nitrogens with one attached hydrogen (secondary N) is 1. The number of piperidine rings is 1. The maximum atomic E-state index is 12.6. The molecule has 0 aliphatic carbocycles. The van der Waals surface area contributed by atoms with Crippen LogP contribution in [0.3, 0.4) is 0 Å². The van der Waals surface area contributed by atoms with Gasteiger partial charge in [-0.25, -0.2) is 0 Å². The summed E-state index contributed by atoms with van der Waals surface area (Å²) in [5.74, 6) is 1.90. The van der Waals surface area contributed by atoms with Gasteiger partial charge in [-0.3, -0.25) is 9.69 Å². The Morgan fingerprint density at radius 2 is 1.91 bits per heavy atom. The Morgan fingerprint density at radius 3 is 2.78 bits per heavy atom. The smallest absolute Gasteiger partial charge is 0.237 e. The van der Waals surface area contributed by atoms with Crippen molar-refractivity contribution >= 4 is 18.3 Å². The topological polar surface area (TPSA) is 35.6 Å². The van der Waals surface area contributed by atoms with Crippen LogP contribution in [0.1, 0.15) is 17.5 Å². The molecule has 5 heteroatoms. The van der Waals surface area contributed by atoms with E-state index in [0.717, 1.165) is 51.0 Å². The summed E-state index contributed by atoms with van der Waals surface area (Å²) in [6.45, 7) is 6.74. The maximum Gasteiger partial charge on any atom is 0.237 e. The lowest BCUT2D eigenvalue weighted by atomic mass is 9.89. The number of hydrogen-bond acceptors (Lipinski definition) is 3. The molecule has 1 aromatic rings. The van der Waals surface area contributed by atoms with Crippen molar-refractivity contribution in [2.24, 2.45) is 11.8 Å². The molecule has 4 nitrogen and oxygen atoms in total. The van der Waals surface area contributed by atoms with Gasteiger partial charge in [0.05, 0.1) is 6.54 Å². The van der Waals surface area contributed by atoms with Crippen LogP contribution < -0.4 is 5.32 Å². The molecule has 4 rings (SSSR count). The molecule has 3 aliphatic heterocycles. The highest BCUT2D eigenvalue weighted by Gasteiger charge is 2.33. The number of hydrogen-bond donors (Lipinski definition) is 1. The highest BCUT2D eigenvalue weighted by molar-refractivity contribution is 5.85. The largest absolute Gasteiger partial charge is 0.337 e. The first-order valence-corrected chi connectivity index (χ1v) is 8.57. The maximum absolute atomic E-state index is 12.6. The molecule has 3 heterocycles. The van der Waals surface area contributed by atoms with Gasteiger partial charge in [0.1, 0.15) is 0 Å². The van der Waals surface area contributed by atoms with Crippen molar-refractivity contribution < 1.29 is 4.79 Å². The number of benzene rings is 1. The van der Waals surface area contributed by atoms with E-state index in [2.05, 4.69) is 34.5 Å². The Kier molecular flexibility index (Phi) is 5.24. The Hall–Kier alpha value is -1.10. The first-order chi connectivity index (χ1) is 10.8. The summed E-state index contributed by atoms with van der Waals surface area (Å²) in [5.41, 5.74) is 2.73. The minimum atomic E-state index is 0. The van der Waals surface area contributed by atoms with Crippen LogP contribution in [0, 0.1) is 11.8 Å². The number of rotatable bonds is 2. The fraction of sp³-hybridized carbons (Fsp3) is 0.611. The molecule has 0 radical (unpaired) electrons. The van der Waals surface area contributed by atoms with Crippen molar-refractivity contribution in [3.63, 3.8) is 0 Å². The minimum Gasteiger partial charge on any atom is -0.337 e. The minimum absolute atomic E-state index is 0. The second kappa shape index (κ2) is 7.20. The first-order valence-electron chi connectivity index (χ1n) is 8.57. The van der Waals surface area contributed by atoms with Gasteiger partial charge in [0.25, 0.3) is 0 Å². The molecular weight excluding hydrogens is 310 g/mol. The van der Waals surface area contributed by atoms with Crippen molar-refractivity contribution in [3.8, 4) is 0 Å². The molecule has 0 saturated carbocycles. The quantitative estimate of drug-likeness (QED) is 0.890. The monoisotopic (exact) mass is 335 g/mol. The molecule has 126 valence electrons. The third kappa shape index (κ3) is 3.54. The van der Waals surface area contributed by atoms with E-state index in [4.69, 9.17) is 0 Å². The molecule has 2 atom stereocenters. The van der Waals surface area contributed by atoms with Gasteiger partial charge in [-0.1, -0.05) is 24.3 Å². The van der Waals surface area contributed by atoms with Gasteiger partial charge < -0.3 is 10.2 Å². The molecule has 23 heavy (non-hydrogen) atoms. The zero-order chi connectivity index (χ0) is 14.9. The van der Waals surface area contributed by atoms with Crippen molar-refractivity contribution in [2.75, 3.05) is 39.3 Å². The van der Waals surface area contributed by atoms with E-state index in [0.29, 0.717) is 12.5 Å². The van der Waals surface area contributed by atoms with Crippen LogP contribution in [-0.4, -0.2) is 55.0 Å². The van der Waals surface area contributed by atoms with E-state index in [1.165, 1.54) is 24.1 Å². The summed E-state index contributed by atoms with van der Waals surface area (Å²) in [6, 6.07) is 8.51. The number of nitrogens with zero attached hydrogens (tertiary/aromatic N) is 2. The highest BCUT2D eigenvalue weighted by atomic mass is 35.5. The fourth-order valence-corrected chi connectivity index (χ4v) is 4.25. The van der Waals surface area contributed by atoms with Crippen molar-refractivity contribution in [1.82, 2.24) is 15.1 Å². The SMILES string of the molecule is Cl.O=C(CN1CCC2CNCC2C1)N1CCc2ccccc2C1. The van der Waals surface area contributed by atoms with Crippen LogP contribution in [0.5, 0.6) is 0 Å². The van der Waals surface area contributed by atoms with Gasteiger partial charge in [0.15, 0.2) is 0 Å². The lowest BCUT2D eigenvalue weighted by molar-refractivity contribution is -0.133. The first kappa shape index (κ1) is 16.7. The van der Waals surface area contributed by atoms with Crippen LogP contribution in [0.15, 0.2) is 24.3 Å². The number of carbonyl (C=O) groups excluding carboxylic acids is 1. The molecule has 1 N–H and O–H groups in total. The Bertz CT molecular complexity index is 565. The van der Waals surface area contributed by atoms with Crippen molar-refractivity contribution in [2.45, 2.75) is 19.4 Å². The third-order valence-corrected chi connectivity index (χ3v) is 5.63. The highest BCUT2D eigenvalue weighted by Crippen LogP contribution is 2.26. The van der Waals surface area contributed by atoms with Gasteiger partial charge in [0.2, 0.25) is 5.91 Å². The molecule has 1 aromatic carbocycles. The van der Waals surface area contributed by atoms with E-state index >= 15 is 0 Å². The standard InChI is InChI=1S/C18H25N3O.ClH/c22-18(13-20-7-5-15-9-19-10-17(15)11-20)21-8-6-14-3-1-2-4-16(14)12-21;/h1-4,15,17,19H,5-13H2;1H. The fourth-order valence-electron chi connectivity index (χ4n) is 4.25. The van der Waals surface area contributed by atoms with Crippen LogP contribution in [0.25, 0.3) is 0 Å². The molecular formula is C18H26ClN3O. The normalized spacial score (nSPS) is 27.0. The predicted molar refractivity (Wildman–Crippen MR) is 93.7 cm³/mol. The molecule has 3 aliphatic rings. The molecule has 0 aromatic heterocycles. The second-order valence-corrected chi connectivity index (χ2v) is 7.04. The number of likely N-dealkylation sites (tertiary alicyclic amines) is 1. The van der Waals surface area contributed by atoms with Crippen LogP contribution in [0.4, 0.5) is 0 Å². The van der Waals surface area contributed by atoms with Gasteiger partial charge in [-0.05, 0) is 55.4 Å². The van der Waals surface area contributed by atoms with Gasteiger partial charge >= 0.3 is 0 Å². The molecule has 2 unspecified atom stereocenters. The van der Waals surface area contributed by atoms with E-state index in [1.54, 1.807) is 0 Å². The summed E-state index contributed by atoms with van der Waals surface area (Å²) in [7, 11) is 0. The summed E-state index contributed by atoms with van der Waals surface area (Å²) in [6.07, 6.45) is 2.24. The number of fused-ring (bicyclic) bond motifs is 2. The Morgan fingerprint density at radius 1 is 1.13 bits per heavy atom. The lowest BCUT2D eigenvalue weighted by Gasteiger charge is -2.36. The summed E-state index contributed by atoms with van der Waals surface area (Å²) in [5, 5.41) is 3.49. The summed E-state index contributed by atoms with van der Waals surface area (Å²) in [4.78, 5) is 17.1. The van der Waals surface area contributed by atoms with Gasteiger partial charge in [-0.2, -0.15) is 0 Å². The number of halogens is 1. The molecule has 1 amide bonds. The van der Waals surface area contributed by atoms with E-state index in [1.807, 2.05) is 4.90 Å². The zero-order valence-corrected chi connectivity index (χ0v) is 14.4. The van der Waals surface area contributed by atoms with Crippen LogP contribution in [0.2, 0.25) is 0 Å². The third-order valence-electron chi connectivity index (χ3n) is 5.63. The average molecular weight is 336 g/mol. The zero-order valence-electron chi connectivity index (χ0n) is 13.5. The molecule has 2 saturated heterocycles. The lowest BCUT2D eigenvalue weighted by Crippen LogP contribution is -2.47. The van der Waals surface area contributed by atoms with E-state index in [9.17, 15) is 4.79 Å². The van der Waals surface area contributed by atoms with Crippen LogP contribution >= 0.6 is 12.4 Å². The molecule has 2 fully saturated rings. The van der Waals surface area contributed by atoms with Gasteiger partial charge in [0, 0.05) is 19.6 Å².